The van der Waals surface area contributed by atoms with E-state index in [1.807, 2.05) is 38.1 Å². The number of thioether (sulfide) groups is 1. The van der Waals surface area contributed by atoms with E-state index in [1.54, 1.807) is 13.2 Å². The lowest BCUT2D eigenvalue weighted by molar-refractivity contribution is -0.150. The number of methoxy groups -OCH3 is 2. The Morgan fingerprint density at radius 3 is 2.38 bits per heavy atom. The normalized spacial score (nSPS) is 17.5. The minimum absolute atomic E-state index is 0.111. The van der Waals surface area contributed by atoms with Crippen LogP contribution >= 0.6 is 24.0 Å². The van der Waals surface area contributed by atoms with Crippen LogP contribution in [0.1, 0.15) is 19.4 Å². The maximum Gasteiger partial charge on any atom is 0.329 e. The van der Waals surface area contributed by atoms with E-state index in [2.05, 4.69) is 0 Å². The highest BCUT2D eigenvalue weighted by molar-refractivity contribution is 8.26. The first-order valence-electron chi connectivity index (χ1n) is 7.38. The van der Waals surface area contributed by atoms with E-state index in [4.69, 9.17) is 21.7 Å². The molecule has 5 nitrogen and oxygen atoms in total. The van der Waals surface area contributed by atoms with Crippen molar-refractivity contribution in [3.63, 3.8) is 0 Å². The lowest BCUT2D eigenvalue weighted by Gasteiger charge is -2.27. The average Bonchev–Trinajstić information content (AvgIpc) is 2.83. The van der Waals surface area contributed by atoms with Crippen molar-refractivity contribution in [3.05, 3.63) is 34.7 Å². The monoisotopic (exact) mass is 365 g/mol. The van der Waals surface area contributed by atoms with Gasteiger partial charge in [0.25, 0.3) is 5.91 Å². The van der Waals surface area contributed by atoms with Crippen LogP contribution in [0.3, 0.4) is 0 Å². The maximum absolute atomic E-state index is 12.7. The molecule has 1 unspecified atom stereocenters. The number of esters is 1. The fraction of sp³-hybridized carbons (Fsp3) is 0.353. The second-order valence-electron chi connectivity index (χ2n) is 5.54. The summed E-state index contributed by atoms with van der Waals surface area (Å²) in [6.07, 6.45) is 1.76. The fourth-order valence-corrected chi connectivity index (χ4v) is 3.70. The van der Waals surface area contributed by atoms with Gasteiger partial charge in [-0.05, 0) is 29.7 Å². The molecule has 24 heavy (non-hydrogen) atoms. The molecule has 1 aliphatic heterocycles. The van der Waals surface area contributed by atoms with Crippen LogP contribution in [0.4, 0.5) is 0 Å². The van der Waals surface area contributed by atoms with Crippen LogP contribution in [0.15, 0.2) is 29.2 Å². The number of carbonyl (C=O) groups excluding carboxylic acids is 2. The summed E-state index contributed by atoms with van der Waals surface area (Å²) in [7, 11) is 2.90. The number of ether oxygens (including phenoxy) is 2. The van der Waals surface area contributed by atoms with E-state index < -0.39 is 12.0 Å². The molecular weight excluding hydrogens is 346 g/mol. The van der Waals surface area contributed by atoms with E-state index in [9.17, 15) is 9.59 Å². The number of amides is 1. The minimum Gasteiger partial charge on any atom is -0.497 e. The quantitative estimate of drug-likeness (QED) is 0.454. The molecule has 0 radical (unpaired) electrons. The van der Waals surface area contributed by atoms with Crippen LogP contribution < -0.4 is 4.74 Å². The smallest absolute Gasteiger partial charge is 0.329 e. The van der Waals surface area contributed by atoms with Crippen molar-refractivity contribution in [1.82, 2.24) is 4.90 Å². The number of carbonyl (C=O) groups is 2. The molecule has 128 valence electrons. The summed E-state index contributed by atoms with van der Waals surface area (Å²) in [4.78, 5) is 26.6. The average molecular weight is 365 g/mol. The van der Waals surface area contributed by atoms with Crippen molar-refractivity contribution in [2.24, 2.45) is 5.92 Å². The predicted molar refractivity (Wildman–Crippen MR) is 98.6 cm³/mol. The fourth-order valence-electron chi connectivity index (χ4n) is 2.37. The van der Waals surface area contributed by atoms with Gasteiger partial charge in [0.1, 0.15) is 16.1 Å². The molecule has 7 heteroatoms. The summed E-state index contributed by atoms with van der Waals surface area (Å²) in [5, 5.41) is 0. The van der Waals surface area contributed by atoms with Crippen LogP contribution in [-0.2, 0) is 14.3 Å². The highest BCUT2D eigenvalue weighted by atomic mass is 32.2. The first-order valence-corrected chi connectivity index (χ1v) is 8.60. The number of hydrogen-bond donors (Lipinski definition) is 0. The largest absolute Gasteiger partial charge is 0.497 e. The van der Waals surface area contributed by atoms with Crippen molar-refractivity contribution < 1.29 is 19.1 Å². The van der Waals surface area contributed by atoms with Gasteiger partial charge in [-0.3, -0.25) is 9.69 Å². The van der Waals surface area contributed by atoms with E-state index >= 15 is 0 Å². The van der Waals surface area contributed by atoms with Crippen molar-refractivity contribution in [1.29, 1.82) is 0 Å². The third kappa shape index (κ3) is 3.79. The first kappa shape index (κ1) is 18.5. The highest BCUT2D eigenvalue weighted by Gasteiger charge is 2.42. The van der Waals surface area contributed by atoms with Crippen LogP contribution in [0.25, 0.3) is 6.08 Å². The van der Waals surface area contributed by atoms with Gasteiger partial charge in [0.15, 0.2) is 0 Å². The van der Waals surface area contributed by atoms with Crippen molar-refractivity contribution in [2.45, 2.75) is 19.9 Å². The number of nitrogens with zero attached hydrogens (tertiary/aromatic N) is 1. The zero-order valence-electron chi connectivity index (χ0n) is 13.9. The molecule has 1 amide bonds. The Labute approximate surface area is 151 Å². The molecule has 0 bridgehead atoms. The molecule has 0 aromatic heterocycles. The highest BCUT2D eigenvalue weighted by Crippen LogP contribution is 2.35. The molecule has 1 aromatic carbocycles. The summed E-state index contributed by atoms with van der Waals surface area (Å²) in [6, 6.07) is 6.62. The van der Waals surface area contributed by atoms with Gasteiger partial charge in [-0.2, -0.15) is 0 Å². The van der Waals surface area contributed by atoms with Gasteiger partial charge in [-0.15, -0.1) is 0 Å². The number of benzene rings is 1. The summed E-state index contributed by atoms with van der Waals surface area (Å²) in [5.41, 5.74) is 0.857. The molecular formula is C17H19NO4S2. The summed E-state index contributed by atoms with van der Waals surface area (Å²) >= 11 is 6.50. The van der Waals surface area contributed by atoms with E-state index in [-0.39, 0.29) is 11.8 Å². The Balaban J connectivity index is 2.29. The molecule has 1 aromatic rings. The standard InChI is InChI=1S/C17H19NO4S2/c1-10(2)14(16(20)22-4)18-15(19)13(24-17(18)23)9-11-5-7-12(21-3)8-6-11/h5-10,14H,1-4H3/b13-9+. The zero-order valence-corrected chi connectivity index (χ0v) is 15.6. The Hall–Kier alpha value is -1.86. The van der Waals surface area contributed by atoms with Crippen molar-refractivity contribution >= 4 is 46.3 Å². The summed E-state index contributed by atoms with van der Waals surface area (Å²) in [6.45, 7) is 3.71. The van der Waals surface area contributed by atoms with E-state index in [0.717, 1.165) is 11.3 Å². The van der Waals surface area contributed by atoms with Gasteiger partial charge in [-0.1, -0.05) is 50.0 Å². The molecule has 1 saturated heterocycles. The molecule has 2 rings (SSSR count). The lowest BCUT2D eigenvalue weighted by Crippen LogP contribution is -2.47. The summed E-state index contributed by atoms with van der Waals surface area (Å²) < 4.78 is 10.3. The van der Waals surface area contributed by atoms with Crippen LogP contribution in [-0.4, -0.2) is 41.4 Å². The molecule has 0 saturated carbocycles. The number of hydrogen-bond acceptors (Lipinski definition) is 6. The number of rotatable bonds is 5. The molecule has 1 aliphatic rings. The molecule has 0 N–H and O–H groups in total. The predicted octanol–water partition coefficient (Wildman–Crippen LogP) is 3.09. The second-order valence-corrected chi connectivity index (χ2v) is 7.21. The van der Waals surface area contributed by atoms with Crippen LogP contribution in [0, 0.1) is 5.92 Å². The third-order valence-electron chi connectivity index (χ3n) is 3.59. The molecule has 0 aliphatic carbocycles. The molecule has 1 atom stereocenters. The SMILES string of the molecule is COC(=O)C(C(C)C)N1C(=O)/C(=C\c2ccc(OC)cc2)SC1=S. The van der Waals surface area contributed by atoms with Gasteiger partial charge in [-0.25, -0.2) is 4.79 Å². The van der Waals surface area contributed by atoms with Gasteiger partial charge < -0.3 is 9.47 Å². The Morgan fingerprint density at radius 2 is 1.88 bits per heavy atom. The minimum atomic E-state index is -0.718. The molecule has 1 fully saturated rings. The first-order chi connectivity index (χ1) is 11.4. The topological polar surface area (TPSA) is 55.8 Å². The van der Waals surface area contributed by atoms with Crippen LogP contribution in [0.5, 0.6) is 5.75 Å². The summed E-state index contributed by atoms with van der Waals surface area (Å²) in [5.74, 6) is -0.109. The maximum atomic E-state index is 12.7. The van der Waals surface area contributed by atoms with Gasteiger partial charge >= 0.3 is 5.97 Å². The lowest BCUT2D eigenvalue weighted by atomic mass is 10.0. The third-order valence-corrected chi connectivity index (χ3v) is 4.92. The van der Waals surface area contributed by atoms with Gasteiger partial charge in [0, 0.05) is 0 Å². The van der Waals surface area contributed by atoms with Gasteiger partial charge in [0.2, 0.25) is 0 Å². The van der Waals surface area contributed by atoms with E-state index in [0.29, 0.717) is 9.23 Å². The van der Waals surface area contributed by atoms with Crippen molar-refractivity contribution in [2.75, 3.05) is 14.2 Å². The molecule has 1 heterocycles. The van der Waals surface area contributed by atoms with Crippen molar-refractivity contribution in [3.8, 4) is 5.75 Å². The number of thiocarbonyl (C=S) groups is 1. The molecule has 0 spiro atoms. The van der Waals surface area contributed by atoms with Crippen LogP contribution in [0.2, 0.25) is 0 Å². The zero-order chi connectivity index (χ0) is 17.9. The second kappa shape index (κ2) is 7.81. The Bertz CT molecular complexity index is 682. The van der Waals surface area contributed by atoms with Gasteiger partial charge in [0.05, 0.1) is 19.1 Å². The van der Waals surface area contributed by atoms with E-state index in [1.165, 1.54) is 23.8 Å². The Morgan fingerprint density at radius 1 is 1.25 bits per heavy atom. The Kier molecular flexibility index (Phi) is 6.01.